The van der Waals surface area contributed by atoms with Gasteiger partial charge in [0.2, 0.25) is 5.88 Å². The zero-order valence-electron chi connectivity index (χ0n) is 9.40. The molecule has 1 heterocycles. The summed E-state index contributed by atoms with van der Waals surface area (Å²) >= 11 is 0. The second-order valence-electron chi connectivity index (χ2n) is 3.44. The van der Waals surface area contributed by atoms with Gasteiger partial charge in [0, 0.05) is 5.56 Å². The molecule has 82 valence electrons. The zero-order valence-corrected chi connectivity index (χ0v) is 9.40. The van der Waals surface area contributed by atoms with Gasteiger partial charge in [-0.3, -0.25) is 0 Å². The van der Waals surface area contributed by atoms with E-state index in [1.54, 1.807) is 6.07 Å². The van der Waals surface area contributed by atoms with Crippen LogP contribution in [0.4, 0.5) is 0 Å². The smallest absolute Gasteiger partial charge is 0.356 e. The number of carbonyl (C=O) groups is 1. The van der Waals surface area contributed by atoms with Crippen LogP contribution < -0.4 is 4.74 Å². The standard InChI is InChI=1S/C11H15NO3/c1-7(2)8-5-6-9(11(13)15-4)12-10(8)14-3/h5-7H,1-4H3. The molecule has 0 unspecified atom stereocenters. The van der Waals surface area contributed by atoms with Crippen molar-refractivity contribution in [3.8, 4) is 5.88 Å². The highest BCUT2D eigenvalue weighted by Crippen LogP contribution is 2.24. The Kier molecular flexibility index (Phi) is 3.66. The van der Waals surface area contributed by atoms with Crippen LogP contribution in [0.25, 0.3) is 0 Å². The molecular weight excluding hydrogens is 194 g/mol. The van der Waals surface area contributed by atoms with Crippen LogP contribution in [-0.4, -0.2) is 25.2 Å². The molecule has 0 atom stereocenters. The van der Waals surface area contributed by atoms with Gasteiger partial charge in [-0.2, -0.15) is 0 Å². The minimum Gasteiger partial charge on any atom is -0.481 e. The second-order valence-corrected chi connectivity index (χ2v) is 3.44. The summed E-state index contributed by atoms with van der Waals surface area (Å²) in [4.78, 5) is 15.3. The lowest BCUT2D eigenvalue weighted by Gasteiger charge is -2.11. The van der Waals surface area contributed by atoms with E-state index in [9.17, 15) is 4.79 Å². The highest BCUT2D eigenvalue weighted by atomic mass is 16.5. The summed E-state index contributed by atoms with van der Waals surface area (Å²) in [6.07, 6.45) is 0. The first-order valence-corrected chi connectivity index (χ1v) is 4.73. The van der Waals surface area contributed by atoms with E-state index in [0.717, 1.165) is 5.56 Å². The maximum absolute atomic E-state index is 11.2. The van der Waals surface area contributed by atoms with Crippen LogP contribution >= 0.6 is 0 Å². The zero-order chi connectivity index (χ0) is 11.4. The van der Waals surface area contributed by atoms with Crippen molar-refractivity contribution in [2.45, 2.75) is 19.8 Å². The number of hydrogen-bond acceptors (Lipinski definition) is 4. The van der Waals surface area contributed by atoms with E-state index in [2.05, 4.69) is 9.72 Å². The summed E-state index contributed by atoms with van der Waals surface area (Å²) in [5, 5.41) is 0. The summed E-state index contributed by atoms with van der Waals surface area (Å²) in [7, 11) is 2.86. The Balaban J connectivity index is 3.13. The Labute approximate surface area is 89.2 Å². The van der Waals surface area contributed by atoms with Crippen LogP contribution in [0, 0.1) is 0 Å². The molecule has 0 aromatic carbocycles. The van der Waals surface area contributed by atoms with Crippen LogP contribution in [0.15, 0.2) is 12.1 Å². The minimum atomic E-state index is -0.455. The lowest BCUT2D eigenvalue weighted by Crippen LogP contribution is -2.07. The minimum absolute atomic E-state index is 0.263. The van der Waals surface area contributed by atoms with Crippen molar-refractivity contribution < 1.29 is 14.3 Å². The van der Waals surface area contributed by atoms with Crippen molar-refractivity contribution in [1.29, 1.82) is 0 Å². The molecule has 1 rings (SSSR count). The number of methoxy groups -OCH3 is 2. The van der Waals surface area contributed by atoms with E-state index in [0.29, 0.717) is 11.8 Å². The SMILES string of the molecule is COC(=O)c1ccc(C(C)C)c(OC)n1. The number of nitrogens with zero attached hydrogens (tertiary/aromatic N) is 1. The van der Waals surface area contributed by atoms with Gasteiger partial charge in [-0.1, -0.05) is 19.9 Å². The van der Waals surface area contributed by atoms with Crippen LogP contribution in [0.1, 0.15) is 35.8 Å². The topological polar surface area (TPSA) is 48.4 Å². The average Bonchev–Trinajstić information content (AvgIpc) is 2.26. The van der Waals surface area contributed by atoms with Crippen LogP contribution in [0.2, 0.25) is 0 Å². The number of esters is 1. The molecule has 0 saturated carbocycles. The summed E-state index contributed by atoms with van der Waals surface area (Å²) in [5.74, 6) is 0.329. The molecule has 0 aliphatic heterocycles. The molecule has 15 heavy (non-hydrogen) atoms. The molecule has 0 aliphatic carbocycles. The van der Waals surface area contributed by atoms with Gasteiger partial charge in [-0.05, 0) is 12.0 Å². The van der Waals surface area contributed by atoms with Crippen LogP contribution in [-0.2, 0) is 4.74 Å². The summed E-state index contributed by atoms with van der Waals surface area (Å²) < 4.78 is 9.70. The molecule has 4 nitrogen and oxygen atoms in total. The third-order valence-corrected chi connectivity index (χ3v) is 2.10. The molecule has 0 radical (unpaired) electrons. The molecule has 0 spiro atoms. The monoisotopic (exact) mass is 209 g/mol. The van der Waals surface area contributed by atoms with Gasteiger partial charge < -0.3 is 9.47 Å². The Bertz CT molecular complexity index is 361. The lowest BCUT2D eigenvalue weighted by atomic mass is 10.0. The first kappa shape index (κ1) is 11.5. The quantitative estimate of drug-likeness (QED) is 0.714. The molecule has 0 N–H and O–H groups in total. The Morgan fingerprint density at radius 2 is 2.00 bits per heavy atom. The fraction of sp³-hybridized carbons (Fsp3) is 0.455. The van der Waals surface area contributed by atoms with Crippen molar-refractivity contribution in [3.63, 3.8) is 0 Å². The fourth-order valence-corrected chi connectivity index (χ4v) is 1.27. The van der Waals surface area contributed by atoms with Gasteiger partial charge >= 0.3 is 5.97 Å². The number of pyridine rings is 1. The van der Waals surface area contributed by atoms with E-state index in [1.165, 1.54) is 14.2 Å². The second kappa shape index (κ2) is 4.77. The van der Waals surface area contributed by atoms with Crippen molar-refractivity contribution >= 4 is 5.97 Å². The van der Waals surface area contributed by atoms with Gasteiger partial charge in [0.15, 0.2) is 5.69 Å². The highest BCUT2D eigenvalue weighted by molar-refractivity contribution is 5.87. The maximum atomic E-state index is 11.2. The van der Waals surface area contributed by atoms with Gasteiger partial charge in [0.25, 0.3) is 0 Å². The van der Waals surface area contributed by atoms with Crippen molar-refractivity contribution in [2.75, 3.05) is 14.2 Å². The predicted octanol–water partition coefficient (Wildman–Crippen LogP) is 2.00. The molecule has 0 amide bonds. The Morgan fingerprint density at radius 3 is 2.47 bits per heavy atom. The molecule has 0 saturated heterocycles. The van der Waals surface area contributed by atoms with Crippen LogP contribution in [0.3, 0.4) is 0 Å². The summed E-state index contributed by atoms with van der Waals surface area (Å²) in [5.41, 5.74) is 1.24. The van der Waals surface area contributed by atoms with E-state index in [1.807, 2.05) is 19.9 Å². The fourth-order valence-electron chi connectivity index (χ4n) is 1.27. The number of hydrogen-bond donors (Lipinski definition) is 0. The number of rotatable bonds is 3. The molecule has 1 aromatic rings. The predicted molar refractivity (Wildman–Crippen MR) is 56.2 cm³/mol. The van der Waals surface area contributed by atoms with Crippen LogP contribution in [0.5, 0.6) is 5.88 Å². The molecular formula is C11H15NO3. The molecule has 0 bridgehead atoms. The van der Waals surface area contributed by atoms with Crippen molar-refractivity contribution in [2.24, 2.45) is 0 Å². The molecule has 4 heteroatoms. The number of carbonyl (C=O) groups excluding carboxylic acids is 1. The van der Waals surface area contributed by atoms with E-state index >= 15 is 0 Å². The van der Waals surface area contributed by atoms with Gasteiger partial charge in [0.1, 0.15) is 0 Å². The summed E-state index contributed by atoms with van der Waals surface area (Å²) in [6.45, 7) is 4.08. The highest BCUT2D eigenvalue weighted by Gasteiger charge is 2.13. The first-order valence-electron chi connectivity index (χ1n) is 4.73. The van der Waals surface area contributed by atoms with E-state index < -0.39 is 5.97 Å². The van der Waals surface area contributed by atoms with Crippen molar-refractivity contribution in [1.82, 2.24) is 4.98 Å². The van der Waals surface area contributed by atoms with E-state index in [-0.39, 0.29) is 5.69 Å². The van der Waals surface area contributed by atoms with Gasteiger partial charge in [-0.15, -0.1) is 0 Å². The van der Waals surface area contributed by atoms with Gasteiger partial charge in [-0.25, -0.2) is 9.78 Å². The van der Waals surface area contributed by atoms with Gasteiger partial charge in [0.05, 0.1) is 14.2 Å². The lowest BCUT2D eigenvalue weighted by molar-refractivity contribution is 0.0593. The summed E-state index contributed by atoms with van der Waals surface area (Å²) in [6, 6.07) is 3.48. The average molecular weight is 209 g/mol. The Morgan fingerprint density at radius 1 is 1.33 bits per heavy atom. The Hall–Kier alpha value is -1.58. The third kappa shape index (κ3) is 2.46. The molecule has 0 aliphatic rings. The van der Waals surface area contributed by atoms with E-state index in [4.69, 9.17) is 4.74 Å². The number of aromatic nitrogens is 1. The number of ether oxygens (including phenoxy) is 2. The first-order chi connectivity index (χ1) is 7.10. The molecule has 0 fully saturated rings. The molecule has 1 aromatic heterocycles. The van der Waals surface area contributed by atoms with Crippen molar-refractivity contribution in [3.05, 3.63) is 23.4 Å². The maximum Gasteiger partial charge on any atom is 0.356 e. The largest absolute Gasteiger partial charge is 0.481 e. The normalized spacial score (nSPS) is 10.2. The third-order valence-electron chi connectivity index (χ3n) is 2.10.